The molecule has 2 atom stereocenters. The van der Waals surface area contributed by atoms with Crippen LogP contribution < -0.4 is 0 Å². The van der Waals surface area contributed by atoms with Crippen LogP contribution >= 0.6 is 11.6 Å². The third-order valence-electron chi connectivity index (χ3n) is 3.02. The van der Waals surface area contributed by atoms with Gasteiger partial charge < -0.3 is 0 Å². The number of alkyl halides is 1. The number of fused-ring (bicyclic) bond motifs is 1. The molecule has 2 unspecified atom stereocenters. The zero-order chi connectivity index (χ0) is 10.1. The lowest BCUT2D eigenvalue weighted by Crippen LogP contribution is -1.98. The second kappa shape index (κ2) is 3.94. The molecule has 0 radical (unpaired) electrons. The SMILES string of the molecule is CC(C)CC1CC(Cl)c2ccccc21. The van der Waals surface area contributed by atoms with Crippen LogP contribution in [-0.2, 0) is 0 Å². The van der Waals surface area contributed by atoms with Crippen molar-refractivity contribution in [2.75, 3.05) is 0 Å². The molecule has 0 saturated heterocycles. The first kappa shape index (κ1) is 10.0. The molecule has 0 aromatic heterocycles. The number of hydrogen-bond donors (Lipinski definition) is 0. The van der Waals surface area contributed by atoms with Crippen LogP contribution in [0.5, 0.6) is 0 Å². The van der Waals surface area contributed by atoms with E-state index in [1.165, 1.54) is 17.5 Å². The lowest BCUT2D eigenvalue weighted by Gasteiger charge is -2.13. The Bertz CT molecular complexity index is 315. The van der Waals surface area contributed by atoms with Crippen molar-refractivity contribution in [1.29, 1.82) is 0 Å². The Balaban J connectivity index is 2.25. The van der Waals surface area contributed by atoms with Crippen molar-refractivity contribution >= 4 is 11.6 Å². The van der Waals surface area contributed by atoms with Gasteiger partial charge in [0.25, 0.3) is 0 Å². The van der Waals surface area contributed by atoms with Gasteiger partial charge in [0.2, 0.25) is 0 Å². The maximum Gasteiger partial charge on any atom is 0.0593 e. The predicted molar refractivity (Wildman–Crippen MR) is 61.8 cm³/mol. The molecule has 0 N–H and O–H groups in total. The standard InChI is InChI=1S/C13H17Cl/c1-9(2)7-10-8-13(14)12-6-4-3-5-11(10)12/h3-6,9-10,13H,7-8H2,1-2H3. The normalized spacial score (nSPS) is 25.4. The van der Waals surface area contributed by atoms with Crippen LogP contribution in [0.4, 0.5) is 0 Å². The molecular formula is C13H17Cl. The minimum absolute atomic E-state index is 0.245. The Labute approximate surface area is 91.3 Å². The molecule has 0 fully saturated rings. The molecular weight excluding hydrogens is 192 g/mol. The van der Waals surface area contributed by atoms with Crippen molar-refractivity contribution in [1.82, 2.24) is 0 Å². The molecule has 1 aromatic carbocycles. The summed E-state index contributed by atoms with van der Waals surface area (Å²) >= 11 is 6.32. The largest absolute Gasteiger partial charge is 0.118 e. The maximum atomic E-state index is 6.32. The molecule has 0 amide bonds. The van der Waals surface area contributed by atoms with Crippen LogP contribution in [0.2, 0.25) is 0 Å². The van der Waals surface area contributed by atoms with Gasteiger partial charge in [-0.2, -0.15) is 0 Å². The van der Waals surface area contributed by atoms with E-state index < -0.39 is 0 Å². The summed E-state index contributed by atoms with van der Waals surface area (Å²) in [5.41, 5.74) is 2.85. The van der Waals surface area contributed by atoms with E-state index in [0.29, 0.717) is 5.92 Å². The molecule has 1 aliphatic carbocycles. The highest BCUT2D eigenvalue weighted by Crippen LogP contribution is 2.46. The van der Waals surface area contributed by atoms with E-state index in [1.807, 2.05) is 0 Å². The fourth-order valence-corrected chi connectivity index (χ4v) is 2.88. The Hall–Kier alpha value is -0.490. The topological polar surface area (TPSA) is 0 Å². The molecule has 14 heavy (non-hydrogen) atoms. The van der Waals surface area contributed by atoms with Crippen molar-refractivity contribution in [2.45, 2.75) is 38.0 Å². The fourth-order valence-electron chi connectivity index (χ4n) is 2.46. The Morgan fingerprint density at radius 3 is 2.57 bits per heavy atom. The summed E-state index contributed by atoms with van der Waals surface area (Å²) < 4.78 is 0. The van der Waals surface area contributed by atoms with Crippen molar-refractivity contribution in [3.8, 4) is 0 Å². The molecule has 0 spiro atoms. The molecule has 1 heteroatoms. The van der Waals surface area contributed by atoms with Crippen molar-refractivity contribution < 1.29 is 0 Å². The van der Waals surface area contributed by atoms with Gasteiger partial charge in [-0.15, -0.1) is 11.6 Å². The van der Waals surface area contributed by atoms with E-state index in [0.717, 1.165) is 12.3 Å². The minimum Gasteiger partial charge on any atom is -0.118 e. The second-order valence-corrected chi connectivity index (χ2v) is 5.19. The summed E-state index contributed by atoms with van der Waals surface area (Å²) in [7, 11) is 0. The summed E-state index contributed by atoms with van der Waals surface area (Å²) in [6.45, 7) is 4.56. The van der Waals surface area contributed by atoms with E-state index in [2.05, 4.69) is 38.1 Å². The van der Waals surface area contributed by atoms with Gasteiger partial charge in [0, 0.05) is 0 Å². The quantitative estimate of drug-likeness (QED) is 0.628. The first-order valence-electron chi connectivity index (χ1n) is 5.41. The average molecular weight is 209 g/mol. The minimum atomic E-state index is 0.245. The monoisotopic (exact) mass is 208 g/mol. The van der Waals surface area contributed by atoms with Crippen LogP contribution in [0.3, 0.4) is 0 Å². The lowest BCUT2D eigenvalue weighted by atomic mass is 9.92. The number of rotatable bonds is 2. The van der Waals surface area contributed by atoms with E-state index in [9.17, 15) is 0 Å². The average Bonchev–Trinajstić information content (AvgIpc) is 2.44. The van der Waals surface area contributed by atoms with Crippen molar-refractivity contribution in [2.24, 2.45) is 5.92 Å². The van der Waals surface area contributed by atoms with Crippen LogP contribution in [-0.4, -0.2) is 0 Å². The molecule has 0 bridgehead atoms. The van der Waals surface area contributed by atoms with E-state index in [4.69, 9.17) is 11.6 Å². The highest BCUT2D eigenvalue weighted by atomic mass is 35.5. The third-order valence-corrected chi connectivity index (χ3v) is 3.43. The van der Waals surface area contributed by atoms with E-state index in [1.54, 1.807) is 0 Å². The summed E-state index contributed by atoms with van der Waals surface area (Å²) in [6, 6.07) is 8.63. The lowest BCUT2D eigenvalue weighted by molar-refractivity contribution is 0.494. The summed E-state index contributed by atoms with van der Waals surface area (Å²) in [5, 5.41) is 0.245. The van der Waals surface area contributed by atoms with Crippen LogP contribution in [0, 0.1) is 5.92 Å². The fraction of sp³-hybridized carbons (Fsp3) is 0.538. The summed E-state index contributed by atoms with van der Waals surface area (Å²) in [4.78, 5) is 0. The molecule has 0 heterocycles. The van der Waals surface area contributed by atoms with Gasteiger partial charge in [-0.05, 0) is 35.8 Å². The Morgan fingerprint density at radius 1 is 1.29 bits per heavy atom. The predicted octanol–water partition coefficient (Wildman–Crippen LogP) is 4.50. The Morgan fingerprint density at radius 2 is 1.93 bits per heavy atom. The molecule has 0 nitrogen and oxygen atoms in total. The van der Waals surface area contributed by atoms with Gasteiger partial charge >= 0.3 is 0 Å². The van der Waals surface area contributed by atoms with Gasteiger partial charge in [-0.1, -0.05) is 38.1 Å². The molecule has 1 aromatic rings. The molecule has 76 valence electrons. The number of halogens is 1. The van der Waals surface area contributed by atoms with Gasteiger partial charge in [0.1, 0.15) is 0 Å². The smallest absolute Gasteiger partial charge is 0.0593 e. The number of hydrogen-bond acceptors (Lipinski definition) is 0. The second-order valence-electron chi connectivity index (χ2n) is 4.66. The zero-order valence-corrected chi connectivity index (χ0v) is 9.59. The van der Waals surface area contributed by atoms with Crippen LogP contribution in [0.25, 0.3) is 0 Å². The van der Waals surface area contributed by atoms with Crippen molar-refractivity contribution in [3.05, 3.63) is 35.4 Å². The summed E-state index contributed by atoms with van der Waals surface area (Å²) in [5.74, 6) is 1.45. The van der Waals surface area contributed by atoms with Gasteiger partial charge in [0.05, 0.1) is 5.38 Å². The third kappa shape index (κ3) is 1.81. The molecule has 0 saturated carbocycles. The Kier molecular flexibility index (Phi) is 2.83. The first-order valence-corrected chi connectivity index (χ1v) is 5.85. The first-order chi connectivity index (χ1) is 6.68. The molecule has 0 aliphatic heterocycles. The van der Waals surface area contributed by atoms with Gasteiger partial charge in [-0.25, -0.2) is 0 Å². The van der Waals surface area contributed by atoms with Crippen LogP contribution in [0.15, 0.2) is 24.3 Å². The highest BCUT2D eigenvalue weighted by Gasteiger charge is 2.29. The maximum absolute atomic E-state index is 6.32. The number of benzene rings is 1. The zero-order valence-electron chi connectivity index (χ0n) is 8.83. The van der Waals surface area contributed by atoms with Crippen LogP contribution in [0.1, 0.15) is 49.1 Å². The summed E-state index contributed by atoms with van der Waals surface area (Å²) in [6.07, 6.45) is 2.39. The van der Waals surface area contributed by atoms with E-state index >= 15 is 0 Å². The highest BCUT2D eigenvalue weighted by molar-refractivity contribution is 6.21. The van der Waals surface area contributed by atoms with Gasteiger partial charge in [0.15, 0.2) is 0 Å². The van der Waals surface area contributed by atoms with E-state index in [-0.39, 0.29) is 5.38 Å². The van der Waals surface area contributed by atoms with Gasteiger partial charge in [-0.3, -0.25) is 0 Å². The molecule has 2 rings (SSSR count). The molecule has 1 aliphatic rings. The van der Waals surface area contributed by atoms with Crippen molar-refractivity contribution in [3.63, 3.8) is 0 Å².